The second kappa shape index (κ2) is 45.1. The first kappa shape index (κ1) is 59.5. The van der Waals surface area contributed by atoms with Crippen LogP contribution in [0.3, 0.4) is 0 Å². The Morgan fingerprint density at radius 1 is 0.484 bits per heavy atom. The third-order valence-electron chi connectivity index (χ3n) is 11.8. The summed E-state index contributed by atoms with van der Waals surface area (Å²) in [6.07, 6.45) is 53.4. The maximum absolute atomic E-state index is 12.8. The molecule has 0 heterocycles. The minimum atomic E-state index is -0.875. The van der Waals surface area contributed by atoms with Crippen molar-refractivity contribution in [3.8, 4) is 0 Å². The molecule has 0 rings (SSSR count). The molecule has 0 fully saturated rings. The van der Waals surface area contributed by atoms with Crippen molar-refractivity contribution in [2.45, 2.75) is 251 Å². The Balaban J connectivity index is 4.23. The number of quaternary nitrogens is 1. The van der Waals surface area contributed by atoms with Gasteiger partial charge in [0.2, 0.25) is 0 Å². The van der Waals surface area contributed by atoms with Crippen LogP contribution in [0.25, 0.3) is 0 Å². The fourth-order valence-corrected chi connectivity index (χ4v) is 7.71. The molecule has 0 aliphatic rings. The first-order valence-corrected chi connectivity index (χ1v) is 26.0. The van der Waals surface area contributed by atoms with Gasteiger partial charge in [0.05, 0.1) is 34.4 Å². The Labute approximate surface area is 383 Å². The number of esters is 2. The highest BCUT2D eigenvalue weighted by atomic mass is 16.6. The minimum absolute atomic E-state index is 0.0548. The predicted octanol–water partition coefficient (Wildman–Crippen LogP) is 15.0. The summed E-state index contributed by atoms with van der Waals surface area (Å²) >= 11 is 0. The zero-order chi connectivity index (χ0) is 45.6. The van der Waals surface area contributed by atoms with E-state index in [2.05, 4.69) is 50.3 Å². The molecule has 62 heavy (non-hydrogen) atoms. The quantitative estimate of drug-likeness (QED) is 0.0281. The number of ether oxygens (including phenoxy) is 3. The Bertz CT molecular complexity index is 1110. The Kier molecular flexibility index (Phi) is 43.3. The SMILES string of the molecule is CCCCCC/C=C/CCCCCCCCCC(=O)OCC(COCCC(C(=O)O)[N+](C)(C)C)OC(=O)CCCCCCCCC/C=C/C/C=C/CCCCCCCCCCC. The van der Waals surface area contributed by atoms with E-state index in [0.29, 0.717) is 19.3 Å². The van der Waals surface area contributed by atoms with Gasteiger partial charge in [0, 0.05) is 19.3 Å². The molecule has 0 aliphatic heterocycles. The molecule has 0 aliphatic carbocycles. The van der Waals surface area contributed by atoms with Crippen LogP contribution in [-0.2, 0) is 28.6 Å². The van der Waals surface area contributed by atoms with Crippen molar-refractivity contribution in [2.75, 3.05) is 41.0 Å². The number of hydrogen-bond donors (Lipinski definition) is 1. The van der Waals surface area contributed by atoms with Crippen LogP contribution in [-0.4, -0.2) is 80.6 Å². The lowest BCUT2D eigenvalue weighted by Gasteiger charge is -2.31. The third kappa shape index (κ3) is 42.8. The molecule has 8 heteroatoms. The number of nitrogens with zero attached hydrogens (tertiary/aromatic N) is 1. The molecule has 0 bridgehead atoms. The molecule has 0 aromatic heterocycles. The van der Waals surface area contributed by atoms with E-state index in [-0.39, 0.29) is 36.2 Å². The second-order valence-electron chi connectivity index (χ2n) is 18.8. The Hall–Kier alpha value is -2.45. The van der Waals surface area contributed by atoms with E-state index in [1.54, 1.807) is 0 Å². The lowest BCUT2D eigenvalue weighted by atomic mass is 10.1. The highest BCUT2D eigenvalue weighted by Crippen LogP contribution is 2.15. The summed E-state index contributed by atoms with van der Waals surface area (Å²) in [6, 6.07) is -0.617. The minimum Gasteiger partial charge on any atom is -0.477 e. The van der Waals surface area contributed by atoms with Gasteiger partial charge in [0.15, 0.2) is 12.1 Å². The third-order valence-corrected chi connectivity index (χ3v) is 11.8. The van der Waals surface area contributed by atoms with Gasteiger partial charge in [-0.25, -0.2) is 4.79 Å². The van der Waals surface area contributed by atoms with E-state index in [4.69, 9.17) is 14.2 Å². The van der Waals surface area contributed by atoms with E-state index >= 15 is 0 Å². The number of likely N-dealkylation sites (N-methyl/N-ethyl adjacent to an activating group) is 1. The molecule has 8 nitrogen and oxygen atoms in total. The molecular weight excluding hydrogens is 775 g/mol. The van der Waals surface area contributed by atoms with Gasteiger partial charge in [-0.05, 0) is 70.6 Å². The molecule has 2 unspecified atom stereocenters. The van der Waals surface area contributed by atoms with Crippen LogP contribution in [0.4, 0.5) is 0 Å². The number of unbranched alkanes of at least 4 members (excludes halogenated alkanes) is 27. The highest BCUT2D eigenvalue weighted by molar-refractivity contribution is 5.72. The average molecular weight is 875 g/mol. The fourth-order valence-electron chi connectivity index (χ4n) is 7.71. The number of allylic oxidation sites excluding steroid dienone is 6. The van der Waals surface area contributed by atoms with Crippen LogP contribution in [0.15, 0.2) is 36.5 Å². The van der Waals surface area contributed by atoms with Crippen molar-refractivity contribution >= 4 is 17.9 Å². The normalized spacial score (nSPS) is 13.1. The number of aliphatic carboxylic acids is 1. The number of rotatable bonds is 47. The van der Waals surface area contributed by atoms with Crippen LogP contribution in [0.2, 0.25) is 0 Å². The van der Waals surface area contributed by atoms with Crippen LogP contribution in [0.5, 0.6) is 0 Å². The maximum atomic E-state index is 12.8. The molecule has 0 aromatic carbocycles. The Morgan fingerprint density at radius 3 is 1.27 bits per heavy atom. The molecule has 0 amide bonds. The fraction of sp³-hybridized carbons (Fsp3) is 0.833. The van der Waals surface area contributed by atoms with Gasteiger partial charge >= 0.3 is 17.9 Å². The summed E-state index contributed by atoms with van der Waals surface area (Å²) < 4.78 is 17.3. The summed E-state index contributed by atoms with van der Waals surface area (Å²) in [7, 11) is 5.53. The molecule has 0 spiro atoms. The highest BCUT2D eigenvalue weighted by Gasteiger charge is 2.31. The zero-order valence-electron chi connectivity index (χ0n) is 41.3. The van der Waals surface area contributed by atoms with E-state index in [1.807, 2.05) is 21.1 Å². The summed E-state index contributed by atoms with van der Waals surface area (Å²) in [5.74, 6) is -1.47. The van der Waals surface area contributed by atoms with Gasteiger partial charge < -0.3 is 23.8 Å². The van der Waals surface area contributed by atoms with Crippen molar-refractivity contribution in [3.05, 3.63) is 36.5 Å². The number of carbonyl (C=O) groups excluding carboxylic acids is 2. The number of hydrogen-bond acceptors (Lipinski definition) is 6. The summed E-state index contributed by atoms with van der Waals surface area (Å²) in [5, 5.41) is 9.65. The average Bonchev–Trinajstić information content (AvgIpc) is 3.23. The van der Waals surface area contributed by atoms with Crippen molar-refractivity contribution in [2.24, 2.45) is 0 Å². The monoisotopic (exact) mass is 875 g/mol. The first-order chi connectivity index (χ1) is 30.1. The topological polar surface area (TPSA) is 99.1 Å². The van der Waals surface area contributed by atoms with Gasteiger partial charge in [-0.2, -0.15) is 0 Å². The maximum Gasteiger partial charge on any atom is 0.362 e. The molecule has 2 atom stereocenters. The zero-order valence-corrected chi connectivity index (χ0v) is 41.3. The molecular formula is C54H100NO7+. The van der Waals surface area contributed by atoms with Crippen molar-refractivity contribution in [1.29, 1.82) is 0 Å². The van der Waals surface area contributed by atoms with E-state index < -0.39 is 18.1 Å². The number of carboxylic acids is 1. The molecule has 0 radical (unpaired) electrons. The standard InChI is InChI=1S/C54H99NO7/c1-6-8-10-12-14-16-18-20-22-23-24-25-26-27-28-29-31-33-35-37-39-41-43-45-53(57)62-50(48-60-47-46-51(54(58)59)55(3,4)5)49-61-52(56)44-42-40-38-36-34-32-30-21-19-17-15-13-11-9-7-2/h17,19,24-25,27-28,50-51H,6-16,18,20-23,26,29-49H2,1-5H3/p+1/b19-17+,25-24+,28-27+. The molecule has 0 saturated carbocycles. The van der Waals surface area contributed by atoms with E-state index in [1.165, 1.54) is 154 Å². The number of carboxylic acid groups (broad SMARTS) is 1. The molecule has 0 saturated heterocycles. The largest absolute Gasteiger partial charge is 0.477 e. The van der Waals surface area contributed by atoms with Crippen LogP contribution < -0.4 is 0 Å². The predicted molar refractivity (Wildman–Crippen MR) is 261 cm³/mol. The van der Waals surface area contributed by atoms with Crippen LogP contribution in [0, 0.1) is 0 Å². The van der Waals surface area contributed by atoms with Gasteiger partial charge in [0.25, 0.3) is 0 Å². The number of carbonyl (C=O) groups is 3. The van der Waals surface area contributed by atoms with Crippen molar-refractivity contribution < 1.29 is 38.2 Å². The lowest BCUT2D eigenvalue weighted by Crippen LogP contribution is -2.50. The lowest BCUT2D eigenvalue weighted by molar-refractivity contribution is -0.887. The summed E-state index contributed by atoms with van der Waals surface area (Å²) in [5.41, 5.74) is 0. The van der Waals surface area contributed by atoms with Crippen LogP contribution in [0.1, 0.15) is 239 Å². The smallest absolute Gasteiger partial charge is 0.362 e. The first-order valence-electron chi connectivity index (χ1n) is 26.0. The molecule has 362 valence electrons. The summed E-state index contributed by atoms with van der Waals surface area (Å²) in [6.45, 7) is 4.74. The van der Waals surface area contributed by atoms with Gasteiger partial charge in [0.1, 0.15) is 6.61 Å². The van der Waals surface area contributed by atoms with Crippen molar-refractivity contribution in [1.82, 2.24) is 0 Å². The van der Waals surface area contributed by atoms with Gasteiger partial charge in [-0.15, -0.1) is 0 Å². The molecule has 0 aromatic rings. The summed E-state index contributed by atoms with van der Waals surface area (Å²) in [4.78, 5) is 37.1. The second-order valence-corrected chi connectivity index (χ2v) is 18.8. The van der Waals surface area contributed by atoms with Crippen molar-refractivity contribution in [3.63, 3.8) is 0 Å². The van der Waals surface area contributed by atoms with Gasteiger partial charge in [-0.1, -0.05) is 185 Å². The van der Waals surface area contributed by atoms with Crippen LogP contribution >= 0.6 is 0 Å². The van der Waals surface area contributed by atoms with Gasteiger partial charge in [-0.3, -0.25) is 9.59 Å². The molecule has 1 N–H and O–H groups in total. The Morgan fingerprint density at radius 2 is 0.855 bits per heavy atom. The van der Waals surface area contributed by atoms with E-state index in [0.717, 1.165) is 51.4 Å². The van der Waals surface area contributed by atoms with E-state index in [9.17, 15) is 19.5 Å².